The molecule has 0 unspecified atom stereocenters. The lowest BCUT2D eigenvalue weighted by Gasteiger charge is -2.36. The lowest BCUT2D eigenvalue weighted by atomic mass is 10.1. The van der Waals surface area contributed by atoms with Crippen molar-refractivity contribution < 1.29 is 9.59 Å². The summed E-state index contributed by atoms with van der Waals surface area (Å²) in [6, 6.07) is 15.2. The van der Waals surface area contributed by atoms with Crippen LogP contribution in [0.3, 0.4) is 0 Å². The molecule has 0 spiro atoms. The minimum Gasteiger partial charge on any atom is -0.367 e. The molecule has 26 heavy (non-hydrogen) atoms. The van der Waals surface area contributed by atoms with E-state index in [0.717, 1.165) is 24.3 Å². The van der Waals surface area contributed by atoms with E-state index in [1.54, 1.807) is 13.0 Å². The molecular weight excluding hydrogens is 350 g/mol. The fourth-order valence-electron chi connectivity index (χ4n) is 3.09. The molecule has 1 aliphatic heterocycles. The fraction of sp³-hybridized carbons (Fsp3) is 0.300. The summed E-state index contributed by atoms with van der Waals surface area (Å²) in [5.74, 6) is 0.0299. The fourth-order valence-corrected chi connectivity index (χ4v) is 3.39. The number of piperazine rings is 1. The average Bonchev–Trinajstić information content (AvgIpc) is 2.63. The number of benzene rings is 2. The molecule has 136 valence electrons. The molecule has 2 aromatic rings. The van der Waals surface area contributed by atoms with E-state index in [4.69, 9.17) is 11.6 Å². The minimum absolute atomic E-state index is 0.0740. The van der Waals surface area contributed by atoms with Crippen LogP contribution in [0.25, 0.3) is 0 Å². The first kappa shape index (κ1) is 18.3. The van der Waals surface area contributed by atoms with E-state index >= 15 is 0 Å². The third-order valence-electron chi connectivity index (χ3n) is 4.50. The lowest BCUT2D eigenvalue weighted by molar-refractivity contribution is -0.129. The van der Waals surface area contributed by atoms with Gasteiger partial charge in [0.05, 0.1) is 17.1 Å². The van der Waals surface area contributed by atoms with E-state index in [1.807, 2.05) is 47.4 Å². The predicted octanol–water partition coefficient (Wildman–Crippen LogP) is 3.19. The highest BCUT2D eigenvalue weighted by Gasteiger charge is 2.20. The number of amides is 2. The van der Waals surface area contributed by atoms with Crippen molar-refractivity contribution in [3.63, 3.8) is 0 Å². The second-order valence-corrected chi connectivity index (χ2v) is 6.78. The van der Waals surface area contributed by atoms with Gasteiger partial charge in [-0.15, -0.1) is 0 Å². The van der Waals surface area contributed by atoms with Crippen LogP contribution < -0.4 is 10.2 Å². The number of anilines is 2. The van der Waals surface area contributed by atoms with Gasteiger partial charge in [0, 0.05) is 38.8 Å². The van der Waals surface area contributed by atoms with E-state index in [2.05, 4.69) is 10.2 Å². The monoisotopic (exact) mass is 371 g/mol. The van der Waals surface area contributed by atoms with Crippen molar-refractivity contribution in [1.29, 1.82) is 0 Å². The number of nitrogens with one attached hydrogen (secondary N) is 1. The molecule has 0 aliphatic carbocycles. The van der Waals surface area contributed by atoms with Gasteiger partial charge in [-0.1, -0.05) is 41.9 Å². The van der Waals surface area contributed by atoms with Crippen molar-refractivity contribution in [1.82, 2.24) is 4.90 Å². The number of hydrogen-bond donors (Lipinski definition) is 1. The van der Waals surface area contributed by atoms with Crippen molar-refractivity contribution in [3.05, 3.63) is 59.1 Å². The molecule has 0 saturated carbocycles. The van der Waals surface area contributed by atoms with E-state index in [0.29, 0.717) is 30.2 Å². The molecule has 1 N–H and O–H groups in total. The standard InChI is InChI=1S/C20H22ClN3O2/c1-15(25)23-9-11-24(12-10-23)19-8-7-17(14-18(19)21)22-20(26)13-16-5-3-2-4-6-16/h2-8,14H,9-13H2,1H3,(H,22,26). The largest absolute Gasteiger partial charge is 0.367 e. The van der Waals surface area contributed by atoms with Gasteiger partial charge in [-0.05, 0) is 23.8 Å². The molecule has 1 fully saturated rings. The number of carbonyl (C=O) groups excluding carboxylic acids is 2. The van der Waals surface area contributed by atoms with Crippen molar-refractivity contribution in [2.75, 3.05) is 36.4 Å². The molecule has 1 saturated heterocycles. The maximum atomic E-state index is 12.2. The third-order valence-corrected chi connectivity index (χ3v) is 4.81. The van der Waals surface area contributed by atoms with Gasteiger partial charge in [-0.25, -0.2) is 0 Å². The smallest absolute Gasteiger partial charge is 0.228 e. The van der Waals surface area contributed by atoms with Crippen molar-refractivity contribution in [2.24, 2.45) is 0 Å². The zero-order valence-corrected chi connectivity index (χ0v) is 15.5. The van der Waals surface area contributed by atoms with Gasteiger partial charge in [-0.3, -0.25) is 9.59 Å². The lowest BCUT2D eigenvalue weighted by Crippen LogP contribution is -2.48. The number of hydrogen-bond acceptors (Lipinski definition) is 3. The summed E-state index contributed by atoms with van der Waals surface area (Å²) in [5.41, 5.74) is 2.58. The predicted molar refractivity (Wildman–Crippen MR) is 105 cm³/mol. The van der Waals surface area contributed by atoms with E-state index in [1.165, 1.54) is 0 Å². The topological polar surface area (TPSA) is 52.7 Å². The van der Waals surface area contributed by atoms with Crippen LogP contribution >= 0.6 is 11.6 Å². The van der Waals surface area contributed by atoms with Gasteiger partial charge in [-0.2, -0.15) is 0 Å². The van der Waals surface area contributed by atoms with Gasteiger partial charge < -0.3 is 15.1 Å². The summed E-state index contributed by atoms with van der Waals surface area (Å²) in [6.07, 6.45) is 0.327. The van der Waals surface area contributed by atoms with Crippen molar-refractivity contribution in [2.45, 2.75) is 13.3 Å². The molecule has 1 aliphatic rings. The van der Waals surface area contributed by atoms with Crippen molar-refractivity contribution >= 4 is 34.8 Å². The Labute approximate surface area is 158 Å². The number of halogens is 1. The van der Waals surface area contributed by atoms with Crippen LogP contribution in [0.1, 0.15) is 12.5 Å². The Hall–Kier alpha value is -2.53. The van der Waals surface area contributed by atoms with Crippen LogP contribution in [0.15, 0.2) is 48.5 Å². The first-order valence-corrected chi connectivity index (χ1v) is 9.04. The summed E-state index contributed by atoms with van der Waals surface area (Å²) < 4.78 is 0. The average molecular weight is 372 g/mol. The van der Waals surface area contributed by atoms with Crippen LogP contribution in [0.5, 0.6) is 0 Å². The van der Waals surface area contributed by atoms with Gasteiger partial charge in [0.25, 0.3) is 0 Å². The Morgan fingerprint density at radius 1 is 1.04 bits per heavy atom. The van der Waals surface area contributed by atoms with E-state index < -0.39 is 0 Å². The summed E-state index contributed by atoms with van der Waals surface area (Å²) in [7, 11) is 0. The summed E-state index contributed by atoms with van der Waals surface area (Å²) in [5, 5.41) is 3.48. The molecule has 0 radical (unpaired) electrons. The van der Waals surface area contributed by atoms with Gasteiger partial charge in [0.1, 0.15) is 0 Å². The van der Waals surface area contributed by atoms with Crippen LogP contribution in [0.2, 0.25) is 5.02 Å². The van der Waals surface area contributed by atoms with Crippen LogP contribution in [0.4, 0.5) is 11.4 Å². The highest BCUT2D eigenvalue weighted by molar-refractivity contribution is 6.33. The Kier molecular flexibility index (Phi) is 5.78. The molecular formula is C20H22ClN3O2. The summed E-state index contributed by atoms with van der Waals surface area (Å²) in [4.78, 5) is 27.6. The quantitative estimate of drug-likeness (QED) is 0.898. The zero-order chi connectivity index (χ0) is 18.5. The summed E-state index contributed by atoms with van der Waals surface area (Å²) >= 11 is 6.43. The molecule has 5 nitrogen and oxygen atoms in total. The van der Waals surface area contributed by atoms with E-state index in [9.17, 15) is 9.59 Å². The number of rotatable bonds is 4. The van der Waals surface area contributed by atoms with Gasteiger partial charge in [0.2, 0.25) is 11.8 Å². The number of carbonyl (C=O) groups is 2. The zero-order valence-electron chi connectivity index (χ0n) is 14.7. The van der Waals surface area contributed by atoms with Crippen LogP contribution in [-0.2, 0) is 16.0 Å². The molecule has 3 rings (SSSR count). The molecule has 0 aromatic heterocycles. The second-order valence-electron chi connectivity index (χ2n) is 6.37. The Morgan fingerprint density at radius 2 is 1.73 bits per heavy atom. The molecule has 6 heteroatoms. The first-order chi connectivity index (χ1) is 12.5. The third kappa shape index (κ3) is 4.55. The van der Waals surface area contributed by atoms with Crippen LogP contribution in [-0.4, -0.2) is 42.9 Å². The Balaban J connectivity index is 1.61. The Morgan fingerprint density at radius 3 is 2.35 bits per heavy atom. The molecule has 0 atom stereocenters. The second kappa shape index (κ2) is 8.23. The Bertz CT molecular complexity index is 787. The molecule has 0 bridgehead atoms. The maximum Gasteiger partial charge on any atom is 0.228 e. The first-order valence-electron chi connectivity index (χ1n) is 8.67. The highest BCUT2D eigenvalue weighted by Crippen LogP contribution is 2.29. The SMILES string of the molecule is CC(=O)N1CCN(c2ccc(NC(=O)Cc3ccccc3)cc2Cl)CC1. The van der Waals surface area contributed by atoms with Crippen molar-refractivity contribution in [3.8, 4) is 0 Å². The molecule has 1 heterocycles. The number of nitrogens with zero attached hydrogens (tertiary/aromatic N) is 2. The molecule has 2 amide bonds. The van der Waals surface area contributed by atoms with Crippen LogP contribution in [0, 0.1) is 0 Å². The highest BCUT2D eigenvalue weighted by atomic mass is 35.5. The maximum absolute atomic E-state index is 12.2. The van der Waals surface area contributed by atoms with Gasteiger partial charge in [0.15, 0.2) is 0 Å². The normalized spacial score (nSPS) is 14.2. The minimum atomic E-state index is -0.0740. The van der Waals surface area contributed by atoms with E-state index in [-0.39, 0.29) is 11.8 Å². The van der Waals surface area contributed by atoms with Gasteiger partial charge >= 0.3 is 0 Å². The molecule has 2 aromatic carbocycles. The summed E-state index contributed by atoms with van der Waals surface area (Å²) in [6.45, 7) is 4.48.